The number of amides is 1. The van der Waals surface area contributed by atoms with Crippen LogP contribution in [0.5, 0.6) is 0 Å². The molecule has 134 valence electrons. The largest absolute Gasteiger partial charge is 0.376 e. The lowest BCUT2D eigenvalue weighted by molar-refractivity contribution is -0.131. The Morgan fingerprint density at radius 3 is 2.39 bits per heavy atom. The van der Waals surface area contributed by atoms with Gasteiger partial charge in [-0.2, -0.15) is 0 Å². The van der Waals surface area contributed by atoms with Gasteiger partial charge in [-0.05, 0) is 64.5 Å². The number of nitrogens with zero attached hydrogens (tertiary/aromatic N) is 2. The van der Waals surface area contributed by atoms with Crippen LogP contribution in [0.3, 0.4) is 0 Å². The second-order valence-corrected chi connectivity index (χ2v) is 8.09. The van der Waals surface area contributed by atoms with E-state index in [1.807, 2.05) is 4.90 Å². The molecule has 4 heteroatoms. The molecule has 2 fully saturated rings. The van der Waals surface area contributed by atoms with Gasteiger partial charge in [-0.3, -0.25) is 4.79 Å². The molecule has 0 aromatic heterocycles. The molecule has 2 aliphatic heterocycles. The summed E-state index contributed by atoms with van der Waals surface area (Å²) < 4.78 is 6.13. The summed E-state index contributed by atoms with van der Waals surface area (Å²) in [4.78, 5) is 16.7. The van der Waals surface area contributed by atoms with Gasteiger partial charge in [-0.15, -0.1) is 0 Å². The number of hydrogen-bond acceptors (Lipinski definition) is 3. The van der Waals surface area contributed by atoms with Gasteiger partial charge in [0, 0.05) is 32.2 Å². The maximum absolute atomic E-state index is 12.2. The fourth-order valence-corrected chi connectivity index (χ4v) is 3.57. The maximum Gasteiger partial charge on any atom is 0.222 e. The number of likely N-dealkylation sites (tertiary alicyclic amines) is 2. The second-order valence-electron chi connectivity index (χ2n) is 8.09. The number of hydrogen-bond donors (Lipinski definition) is 0. The van der Waals surface area contributed by atoms with Crippen LogP contribution in [0.2, 0.25) is 0 Å². The Hall–Kier alpha value is -0.610. The number of piperidine rings is 1. The molecule has 2 heterocycles. The Kier molecular flexibility index (Phi) is 7.35. The van der Waals surface area contributed by atoms with Crippen LogP contribution in [0.15, 0.2) is 0 Å². The van der Waals surface area contributed by atoms with E-state index in [4.69, 9.17) is 4.74 Å². The second kappa shape index (κ2) is 9.03. The van der Waals surface area contributed by atoms with Crippen molar-refractivity contribution >= 4 is 5.91 Å². The van der Waals surface area contributed by atoms with Gasteiger partial charge >= 0.3 is 0 Å². The molecule has 0 saturated carbocycles. The normalized spacial score (nSPS) is 24.1. The van der Waals surface area contributed by atoms with Crippen molar-refractivity contribution in [2.75, 3.05) is 32.8 Å². The smallest absolute Gasteiger partial charge is 0.222 e. The van der Waals surface area contributed by atoms with Crippen molar-refractivity contribution in [1.82, 2.24) is 9.80 Å². The highest BCUT2D eigenvalue weighted by atomic mass is 16.5. The molecular weight excluding hydrogens is 288 g/mol. The number of carbonyl (C=O) groups excluding carboxylic acids is 1. The van der Waals surface area contributed by atoms with E-state index < -0.39 is 0 Å². The van der Waals surface area contributed by atoms with E-state index in [0.29, 0.717) is 30.2 Å². The average molecular weight is 325 g/mol. The van der Waals surface area contributed by atoms with E-state index in [1.165, 1.54) is 25.9 Å². The molecule has 1 unspecified atom stereocenters. The third-order valence-corrected chi connectivity index (χ3v) is 5.38. The summed E-state index contributed by atoms with van der Waals surface area (Å²) in [6, 6.07) is 0.664. The third kappa shape index (κ3) is 6.07. The molecular formula is C19H36N2O2. The van der Waals surface area contributed by atoms with Crippen molar-refractivity contribution in [2.45, 2.75) is 71.9 Å². The number of ether oxygens (including phenoxy) is 1. The fraction of sp³-hybridized carbons (Fsp3) is 0.947. The van der Waals surface area contributed by atoms with Crippen LogP contribution < -0.4 is 0 Å². The molecule has 1 amide bonds. The molecule has 0 radical (unpaired) electrons. The fourth-order valence-electron chi connectivity index (χ4n) is 3.57. The topological polar surface area (TPSA) is 32.8 Å². The summed E-state index contributed by atoms with van der Waals surface area (Å²) in [5.41, 5.74) is 0. The predicted octanol–water partition coefficient (Wildman–Crippen LogP) is 3.16. The molecule has 1 atom stereocenters. The Labute approximate surface area is 142 Å². The van der Waals surface area contributed by atoms with Crippen LogP contribution in [-0.2, 0) is 9.53 Å². The summed E-state index contributed by atoms with van der Waals surface area (Å²) in [5.74, 6) is 1.62. The van der Waals surface area contributed by atoms with Crippen molar-refractivity contribution in [3.8, 4) is 0 Å². The molecule has 0 N–H and O–H groups in total. The van der Waals surface area contributed by atoms with E-state index in [1.54, 1.807) is 0 Å². The summed E-state index contributed by atoms with van der Waals surface area (Å²) in [6.07, 6.45) is 5.47. The Bertz CT molecular complexity index is 362. The first-order chi connectivity index (χ1) is 11.0. The van der Waals surface area contributed by atoms with E-state index in [9.17, 15) is 4.79 Å². The minimum Gasteiger partial charge on any atom is -0.376 e. The zero-order valence-electron chi connectivity index (χ0n) is 15.6. The first-order valence-corrected chi connectivity index (χ1v) is 9.59. The number of rotatable bonds is 7. The lowest BCUT2D eigenvalue weighted by Crippen LogP contribution is -2.39. The Balaban J connectivity index is 1.62. The van der Waals surface area contributed by atoms with Gasteiger partial charge in [0.15, 0.2) is 0 Å². The lowest BCUT2D eigenvalue weighted by Gasteiger charge is -2.34. The predicted molar refractivity (Wildman–Crippen MR) is 94.4 cm³/mol. The van der Waals surface area contributed by atoms with Crippen LogP contribution >= 0.6 is 0 Å². The summed E-state index contributed by atoms with van der Waals surface area (Å²) in [7, 11) is 0. The van der Waals surface area contributed by atoms with Gasteiger partial charge < -0.3 is 14.5 Å². The molecule has 2 rings (SSSR count). The standard InChI is InChI=1S/C19H36N2O2/c1-15(2)5-6-19(22)21-12-9-18(13-21)23-14-17-7-10-20(11-8-17)16(3)4/h15-18H,5-14H2,1-4H3. The first kappa shape index (κ1) is 18.7. The zero-order valence-corrected chi connectivity index (χ0v) is 15.6. The van der Waals surface area contributed by atoms with Crippen LogP contribution in [-0.4, -0.2) is 60.6 Å². The highest BCUT2D eigenvalue weighted by Crippen LogP contribution is 2.22. The van der Waals surface area contributed by atoms with Crippen LogP contribution in [0.25, 0.3) is 0 Å². The molecule has 2 saturated heterocycles. The van der Waals surface area contributed by atoms with E-state index >= 15 is 0 Å². The van der Waals surface area contributed by atoms with Gasteiger partial charge in [0.2, 0.25) is 5.91 Å². The van der Waals surface area contributed by atoms with E-state index in [2.05, 4.69) is 32.6 Å². The average Bonchev–Trinajstić information content (AvgIpc) is 3.00. The van der Waals surface area contributed by atoms with Crippen molar-refractivity contribution in [2.24, 2.45) is 11.8 Å². The van der Waals surface area contributed by atoms with Crippen LogP contribution in [0, 0.1) is 11.8 Å². The zero-order chi connectivity index (χ0) is 16.8. The van der Waals surface area contributed by atoms with Crippen molar-refractivity contribution in [1.29, 1.82) is 0 Å². The quantitative estimate of drug-likeness (QED) is 0.721. The molecule has 2 aliphatic rings. The van der Waals surface area contributed by atoms with Crippen LogP contribution in [0.4, 0.5) is 0 Å². The minimum atomic E-state index is 0.265. The molecule has 0 aromatic rings. The van der Waals surface area contributed by atoms with Crippen molar-refractivity contribution < 1.29 is 9.53 Å². The van der Waals surface area contributed by atoms with E-state index in [-0.39, 0.29) is 6.10 Å². The SMILES string of the molecule is CC(C)CCC(=O)N1CCC(OCC2CCN(C(C)C)CC2)C1. The van der Waals surface area contributed by atoms with Crippen molar-refractivity contribution in [3.05, 3.63) is 0 Å². The molecule has 23 heavy (non-hydrogen) atoms. The van der Waals surface area contributed by atoms with Gasteiger partial charge in [0.1, 0.15) is 0 Å². The summed E-state index contributed by atoms with van der Waals surface area (Å²) in [6.45, 7) is 13.9. The Morgan fingerprint density at radius 2 is 1.78 bits per heavy atom. The third-order valence-electron chi connectivity index (χ3n) is 5.38. The molecule has 0 bridgehead atoms. The van der Waals surface area contributed by atoms with Gasteiger partial charge in [0.05, 0.1) is 6.10 Å². The molecule has 4 nitrogen and oxygen atoms in total. The van der Waals surface area contributed by atoms with Crippen molar-refractivity contribution in [3.63, 3.8) is 0 Å². The van der Waals surface area contributed by atoms with E-state index in [0.717, 1.165) is 32.5 Å². The monoisotopic (exact) mass is 324 g/mol. The van der Waals surface area contributed by atoms with Gasteiger partial charge in [-0.25, -0.2) is 0 Å². The van der Waals surface area contributed by atoms with Gasteiger partial charge in [0.25, 0.3) is 0 Å². The van der Waals surface area contributed by atoms with Crippen LogP contribution in [0.1, 0.15) is 59.8 Å². The molecule has 0 spiro atoms. The minimum absolute atomic E-state index is 0.265. The highest BCUT2D eigenvalue weighted by Gasteiger charge is 2.28. The lowest BCUT2D eigenvalue weighted by atomic mass is 9.97. The number of carbonyl (C=O) groups is 1. The summed E-state index contributed by atoms with van der Waals surface area (Å²) >= 11 is 0. The summed E-state index contributed by atoms with van der Waals surface area (Å²) in [5, 5.41) is 0. The maximum atomic E-state index is 12.2. The van der Waals surface area contributed by atoms with Gasteiger partial charge in [-0.1, -0.05) is 13.8 Å². The molecule has 0 aliphatic carbocycles. The first-order valence-electron chi connectivity index (χ1n) is 9.59. The molecule has 0 aromatic carbocycles. The highest BCUT2D eigenvalue weighted by molar-refractivity contribution is 5.76. The Morgan fingerprint density at radius 1 is 1.09 bits per heavy atom.